The number of carbonyl (C=O) groups excluding carboxylic acids is 1. The molecule has 1 saturated heterocycles. The van der Waals surface area contributed by atoms with E-state index in [2.05, 4.69) is 9.89 Å². The SMILES string of the molecule is NC=C(C=Nc1ccccc1)C(=O)C1CCCN(CC2CC2)C1. The number of aliphatic imine (C=N–C) groups is 1. The van der Waals surface area contributed by atoms with E-state index in [1.807, 2.05) is 30.3 Å². The summed E-state index contributed by atoms with van der Waals surface area (Å²) in [6.45, 7) is 3.15. The van der Waals surface area contributed by atoms with Gasteiger partial charge in [-0.25, -0.2) is 0 Å². The van der Waals surface area contributed by atoms with Gasteiger partial charge in [0.05, 0.1) is 11.3 Å². The Balaban J connectivity index is 1.61. The van der Waals surface area contributed by atoms with Crippen molar-refractivity contribution in [3.63, 3.8) is 0 Å². The van der Waals surface area contributed by atoms with Crippen molar-refractivity contribution in [2.24, 2.45) is 22.6 Å². The van der Waals surface area contributed by atoms with Crippen LogP contribution in [0.25, 0.3) is 0 Å². The predicted octanol–water partition coefficient (Wildman–Crippen LogP) is 2.92. The number of nitrogens with zero attached hydrogens (tertiary/aromatic N) is 2. The van der Waals surface area contributed by atoms with E-state index in [0.717, 1.165) is 44.1 Å². The molecule has 1 aliphatic carbocycles. The van der Waals surface area contributed by atoms with Crippen molar-refractivity contribution in [2.75, 3.05) is 19.6 Å². The third-order valence-electron chi connectivity index (χ3n) is 4.66. The van der Waals surface area contributed by atoms with Crippen LogP contribution in [0.2, 0.25) is 0 Å². The fourth-order valence-corrected chi connectivity index (χ4v) is 3.18. The molecule has 1 unspecified atom stereocenters. The molecule has 1 aromatic carbocycles. The van der Waals surface area contributed by atoms with Crippen LogP contribution in [0.15, 0.2) is 47.1 Å². The van der Waals surface area contributed by atoms with E-state index in [0.29, 0.717) is 5.57 Å². The molecule has 1 aromatic rings. The molecule has 0 amide bonds. The molecule has 2 fully saturated rings. The average Bonchev–Trinajstić information content (AvgIpc) is 3.40. The number of hydrogen-bond acceptors (Lipinski definition) is 4. The fourth-order valence-electron chi connectivity index (χ4n) is 3.18. The summed E-state index contributed by atoms with van der Waals surface area (Å²) < 4.78 is 0. The Morgan fingerprint density at radius 3 is 2.74 bits per heavy atom. The standard InChI is InChI=1S/C19H25N3O/c20-11-17(12-21-18-6-2-1-3-7-18)19(23)16-5-4-10-22(14-16)13-15-8-9-15/h1-3,6-7,11-12,15-16H,4-5,8-10,13-14,20H2. The maximum absolute atomic E-state index is 12.7. The van der Waals surface area contributed by atoms with Crippen molar-refractivity contribution < 1.29 is 4.79 Å². The van der Waals surface area contributed by atoms with Gasteiger partial charge in [0.15, 0.2) is 5.78 Å². The van der Waals surface area contributed by atoms with Crippen LogP contribution in [0.3, 0.4) is 0 Å². The van der Waals surface area contributed by atoms with Gasteiger partial charge in [0.1, 0.15) is 0 Å². The summed E-state index contributed by atoms with van der Waals surface area (Å²) in [5.74, 6) is 1.06. The maximum Gasteiger partial charge on any atom is 0.170 e. The van der Waals surface area contributed by atoms with Gasteiger partial charge in [-0.3, -0.25) is 9.79 Å². The van der Waals surface area contributed by atoms with Crippen LogP contribution in [0.1, 0.15) is 25.7 Å². The van der Waals surface area contributed by atoms with Crippen LogP contribution < -0.4 is 5.73 Å². The van der Waals surface area contributed by atoms with Gasteiger partial charge in [-0.1, -0.05) is 18.2 Å². The molecule has 1 saturated carbocycles. The zero-order valence-electron chi connectivity index (χ0n) is 13.5. The summed E-state index contributed by atoms with van der Waals surface area (Å²) in [5, 5.41) is 0. The highest BCUT2D eigenvalue weighted by Gasteiger charge is 2.30. The molecule has 3 rings (SSSR count). The van der Waals surface area contributed by atoms with Gasteiger partial charge in [-0.15, -0.1) is 0 Å². The number of hydrogen-bond donors (Lipinski definition) is 1. The first kappa shape index (κ1) is 15.9. The van der Waals surface area contributed by atoms with Gasteiger partial charge in [-0.05, 0) is 50.3 Å². The van der Waals surface area contributed by atoms with Gasteiger partial charge in [0, 0.05) is 31.4 Å². The van der Waals surface area contributed by atoms with E-state index >= 15 is 0 Å². The highest BCUT2D eigenvalue weighted by atomic mass is 16.1. The smallest absolute Gasteiger partial charge is 0.170 e. The Bertz CT molecular complexity index is 590. The second kappa shape index (κ2) is 7.55. The number of allylic oxidation sites excluding steroid dienone is 1. The van der Waals surface area contributed by atoms with Gasteiger partial charge in [0.25, 0.3) is 0 Å². The largest absolute Gasteiger partial charge is 0.404 e. The van der Waals surface area contributed by atoms with Gasteiger partial charge in [0.2, 0.25) is 0 Å². The maximum atomic E-state index is 12.7. The van der Waals surface area contributed by atoms with Crippen molar-refractivity contribution in [3.05, 3.63) is 42.1 Å². The third-order valence-corrected chi connectivity index (χ3v) is 4.66. The van der Waals surface area contributed by atoms with E-state index in [4.69, 9.17) is 5.73 Å². The lowest BCUT2D eigenvalue weighted by Gasteiger charge is -2.32. The quantitative estimate of drug-likeness (QED) is 0.649. The summed E-state index contributed by atoms with van der Waals surface area (Å²) in [6.07, 6.45) is 7.76. The van der Waals surface area contributed by atoms with Crippen LogP contribution in [-0.2, 0) is 4.79 Å². The average molecular weight is 311 g/mol. The van der Waals surface area contributed by atoms with Crippen LogP contribution in [0.4, 0.5) is 5.69 Å². The molecule has 4 nitrogen and oxygen atoms in total. The Morgan fingerprint density at radius 2 is 2.04 bits per heavy atom. The number of Topliss-reactive ketones (excluding diaryl/α,β-unsaturated/α-hetero) is 1. The van der Waals surface area contributed by atoms with Gasteiger partial charge < -0.3 is 10.6 Å². The number of likely N-dealkylation sites (tertiary alicyclic amines) is 1. The minimum absolute atomic E-state index is 0.0551. The Kier molecular flexibility index (Phi) is 5.23. The molecule has 0 bridgehead atoms. The number of rotatable bonds is 6. The molecule has 1 heterocycles. The monoisotopic (exact) mass is 311 g/mol. The number of carbonyl (C=O) groups is 1. The molecule has 2 aliphatic rings. The van der Waals surface area contributed by atoms with E-state index in [-0.39, 0.29) is 11.7 Å². The lowest BCUT2D eigenvalue weighted by molar-refractivity contribution is -0.120. The minimum Gasteiger partial charge on any atom is -0.404 e. The van der Waals surface area contributed by atoms with Crippen molar-refractivity contribution in [2.45, 2.75) is 25.7 Å². The number of ketones is 1. The number of benzene rings is 1. The predicted molar refractivity (Wildman–Crippen MR) is 93.8 cm³/mol. The van der Waals surface area contributed by atoms with Crippen LogP contribution >= 0.6 is 0 Å². The normalized spacial score (nSPS) is 23.3. The van der Waals surface area contributed by atoms with E-state index in [9.17, 15) is 4.79 Å². The van der Waals surface area contributed by atoms with E-state index in [1.54, 1.807) is 6.21 Å². The van der Waals surface area contributed by atoms with Gasteiger partial charge in [-0.2, -0.15) is 0 Å². The molecule has 1 aliphatic heterocycles. The first-order valence-corrected chi connectivity index (χ1v) is 8.54. The second-order valence-corrected chi connectivity index (χ2v) is 6.62. The Morgan fingerprint density at radius 1 is 1.26 bits per heavy atom. The van der Waals surface area contributed by atoms with Crippen molar-refractivity contribution in [1.82, 2.24) is 4.90 Å². The number of nitrogens with two attached hydrogens (primary N) is 1. The summed E-state index contributed by atoms with van der Waals surface area (Å²) >= 11 is 0. The third kappa shape index (κ3) is 4.52. The molecule has 1 atom stereocenters. The van der Waals surface area contributed by atoms with Crippen molar-refractivity contribution in [1.29, 1.82) is 0 Å². The first-order chi connectivity index (χ1) is 11.3. The molecule has 0 aromatic heterocycles. The lowest BCUT2D eigenvalue weighted by atomic mass is 9.90. The van der Waals surface area contributed by atoms with Crippen molar-refractivity contribution in [3.8, 4) is 0 Å². The summed E-state index contributed by atoms with van der Waals surface area (Å²) in [6, 6.07) is 9.62. The van der Waals surface area contributed by atoms with Crippen LogP contribution in [0, 0.1) is 11.8 Å². The van der Waals surface area contributed by atoms with Crippen LogP contribution in [-0.4, -0.2) is 36.5 Å². The minimum atomic E-state index is 0.0551. The molecule has 122 valence electrons. The van der Waals surface area contributed by atoms with Crippen molar-refractivity contribution >= 4 is 17.7 Å². The molecule has 2 N–H and O–H groups in total. The molecule has 0 radical (unpaired) electrons. The highest BCUT2D eigenvalue weighted by molar-refractivity contribution is 6.14. The van der Waals surface area contributed by atoms with Crippen LogP contribution in [0.5, 0.6) is 0 Å². The first-order valence-electron chi connectivity index (χ1n) is 8.54. The van der Waals surface area contributed by atoms with Gasteiger partial charge >= 0.3 is 0 Å². The summed E-state index contributed by atoms with van der Waals surface area (Å²) in [5.41, 5.74) is 7.03. The Labute approximate surface area is 138 Å². The lowest BCUT2D eigenvalue weighted by Crippen LogP contribution is -2.40. The van der Waals surface area contributed by atoms with E-state index < -0.39 is 0 Å². The second-order valence-electron chi connectivity index (χ2n) is 6.62. The molecular weight excluding hydrogens is 286 g/mol. The summed E-state index contributed by atoms with van der Waals surface area (Å²) in [4.78, 5) is 19.5. The number of piperidine rings is 1. The van der Waals surface area contributed by atoms with E-state index in [1.165, 1.54) is 19.0 Å². The fraction of sp³-hybridized carbons (Fsp3) is 0.474. The zero-order valence-corrected chi connectivity index (χ0v) is 13.5. The Hall–Kier alpha value is -1.94. The molecule has 4 heteroatoms. The topological polar surface area (TPSA) is 58.7 Å². The zero-order chi connectivity index (χ0) is 16.1. The summed E-state index contributed by atoms with van der Waals surface area (Å²) in [7, 11) is 0. The molecule has 0 spiro atoms. The number of para-hydroxylation sites is 1. The highest BCUT2D eigenvalue weighted by Crippen LogP contribution is 2.31. The molecule has 23 heavy (non-hydrogen) atoms. The molecular formula is C19H25N3O.